The van der Waals surface area contributed by atoms with Crippen molar-refractivity contribution in [1.29, 1.82) is 0 Å². The number of carbonyl (C=O) groups excluding carboxylic acids is 1. The molecule has 0 aliphatic carbocycles. The summed E-state index contributed by atoms with van der Waals surface area (Å²) in [5, 5.41) is 0. The van der Waals surface area contributed by atoms with Gasteiger partial charge in [0.25, 0.3) is 0 Å². The van der Waals surface area contributed by atoms with E-state index in [-0.39, 0.29) is 11.5 Å². The number of allylic oxidation sites excluding steroid dienone is 1. The molecule has 0 saturated carbocycles. The summed E-state index contributed by atoms with van der Waals surface area (Å²) >= 11 is 0. The Morgan fingerprint density at radius 3 is 2.75 bits per heavy atom. The van der Waals surface area contributed by atoms with Crippen molar-refractivity contribution in [3.05, 3.63) is 29.3 Å². The lowest BCUT2D eigenvalue weighted by molar-refractivity contribution is 0.0462. The molecular formula is C16H19NO3. The van der Waals surface area contributed by atoms with Crippen LogP contribution >= 0.6 is 0 Å². The van der Waals surface area contributed by atoms with Crippen molar-refractivity contribution < 1.29 is 14.3 Å². The van der Waals surface area contributed by atoms with Gasteiger partial charge in [0, 0.05) is 5.56 Å². The van der Waals surface area contributed by atoms with Gasteiger partial charge < -0.3 is 14.4 Å². The maximum absolute atomic E-state index is 12.1. The van der Waals surface area contributed by atoms with Gasteiger partial charge in [-0.05, 0) is 45.4 Å². The number of ether oxygens (including phenoxy) is 2. The summed E-state index contributed by atoms with van der Waals surface area (Å²) in [5.41, 5.74) is 3.62. The lowest BCUT2D eigenvalue weighted by atomic mass is 9.86. The SMILES string of the molecule is CCOc1cc2c3c(c1)C(C)=CC(C)(C)N3COC2=O. The fourth-order valence-electron chi connectivity index (χ4n) is 3.01. The Hall–Kier alpha value is -1.97. The minimum Gasteiger partial charge on any atom is -0.494 e. The van der Waals surface area contributed by atoms with Crippen LogP contribution in [0, 0.1) is 0 Å². The van der Waals surface area contributed by atoms with Gasteiger partial charge in [-0.2, -0.15) is 0 Å². The van der Waals surface area contributed by atoms with Crippen molar-refractivity contribution in [3.63, 3.8) is 0 Å². The largest absolute Gasteiger partial charge is 0.494 e. The molecule has 0 amide bonds. The summed E-state index contributed by atoms with van der Waals surface area (Å²) in [7, 11) is 0. The van der Waals surface area contributed by atoms with Crippen LogP contribution in [0.2, 0.25) is 0 Å². The Morgan fingerprint density at radius 1 is 1.35 bits per heavy atom. The Bertz CT molecular complexity index is 616. The second kappa shape index (κ2) is 4.27. The van der Waals surface area contributed by atoms with Gasteiger partial charge in [-0.25, -0.2) is 4.79 Å². The molecule has 0 aromatic heterocycles. The minimum absolute atomic E-state index is 0.167. The first-order valence-electron chi connectivity index (χ1n) is 6.89. The first-order valence-corrected chi connectivity index (χ1v) is 6.89. The highest BCUT2D eigenvalue weighted by Crippen LogP contribution is 2.44. The molecule has 0 bridgehead atoms. The molecule has 2 aliphatic heterocycles. The van der Waals surface area contributed by atoms with Crippen LogP contribution in [0.5, 0.6) is 5.75 Å². The maximum atomic E-state index is 12.1. The molecule has 0 fully saturated rings. The summed E-state index contributed by atoms with van der Waals surface area (Å²) in [5.74, 6) is 0.442. The smallest absolute Gasteiger partial charge is 0.342 e. The van der Waals surface area contributed by atoms with Crippen LogP contribution in [0.3, 0.4) is 0 Å². The van der Waals surface area contributed by atoms with E-state index in [1.54, 1.807) is 6.07 Å². The summed E-state index contributed by atoms with van der Waals surface area (Å²) in [4.78, 5) is 14.2. The molecule has 0 N–H and O–H groups in total. The van der Waals surface area contributed by atoms with E-state index in [2.05, 4.69) is 31.7 Å². The van der Waals surface area contributed by atoms with E-state index in [1.165, 1.54) is 5.57 Å². The standard InChI is InChI=1S/C16H19NO3/c1-5-19-11-6-12-10(2)8-16(3,4)17-9-20-15(18)13(7-11)14(12)17/h6-8H,5,9H2,1-4H3. The van der Waals surface area contributed by atoms with Crippen LogP contribution in [0.4, 0.5) is 5.69 Å². The molecule has 4 nitrogen and oxygen atoms in total. The molecule has 0 spiro atoms. The van der Waals surface area contributed by atoms with Crippen molar-refractivity contribution in [1.82, 2.24) is 0 Å². The fraction of sp³-hybridized carbons (Fsp3) is 0.438. The summed E-state index contributed by atoms with van der Waals surface area (Å²) in [6, 6.07) is 3.79. The minimum atomic E-state index is -0.274. The third kappa shape index (κ3) is 1.79. The quantitative estimate of drug-likeness (QED) is 0.776. The van der Waals surface area contributed by atoms with Gasteiger partial charge in [-0.3, -0.25) is 0 Å². The number of carbonyl (C=O) groups is 1. The molecule has 4 heteroatoms. The third-order valence-corrected chi connectivity index (χ3v) is 3.90. The van der Waals surface area contributed by atoms with Gasteiger partial charge in [-0.15, -0.1) is 0 Å². The Labute approximate surface area is 119 Å². The molecule has 1 aromatic carbocycles. The van der Waals surface area contributed by atoms with Crippen molar-refractivity contribution in [2.24, 2.45) is 0 Å². The van der Waals surface area contributed by atoms with E-state index in [0.717, 1.165) is 11.3 Å². The van der Waals surface area contributed by atoms with Crippen LogP contribution in [-0.4, -0.2) is 24.8 Å². The van der Waals surface area contributed by atoms with Gasteiger partial charge in [0.05, 0.1) is 23.4 Å². The maximum Gasteiger partial charge on any atom is 0.342 e. The number of hydrogen-bond acceptors (Lipinski definition) is 4. The predicted molar refractivity (Wildman–Crippen MR) is 78.1 cm³/mol. The van der Waals surface area contributed by atoms with Crippen LogP contribution < -0.4 is 9.64 Å². The van der Waals surface area contributed by atoms with E-state index in [0.29, 0.717) is 24.7 Å². The Morgan fingerprint density at radius 2 is 2.05 bits per heavy atom. The molecular weight excluding hydrogens is 254 g/mol. The lowest BCUT2D eigenvalue weighted by Crippen LogP contribution is -2.49. The first-order chi connectivity index (χ1) is 9.44. The predicted octanol–water partition coefficient (Wildman–Crippen LogP) is 3.22. The topological polar surface area (TPSA) is 38.8 Å². The molecule has 2 aliphatic rings. The van der Waals surface area contributed by atoms with E-state index < -0.39 is 0 Å². The van der Waals surface area contributed by atoms with E-state index in [1.807, 2.05) is 13.0 Å². The average molecular weight is 273 g/mol. The number of nitrogens with zero attached hydrogens (tertiary/aromatic N) is 1. The van der Waals surface area contributed by atoms with Gasteiger partial charge in [0.1, 0.15) is 5.75 Å². The number of benzene rings is 1. The molecule has 2 heterocycles. The van der Waals surface area contributed by atoms with Crippen molar-refractivity contribution in [3.8, 4) is 5.75 Å². The van der Waals surface area contributed by atoms with E-state index in [9.17, 15) is 4.79 Å². The van der Waals surface area contributed by atoms with Crippen molar-refractivity contribution in [2.75, 3.05) is 18.2 Å². The zero-order valence-corrected chi connectivity index (χ0v) is 12.3. The van der Waals surface area contributed by atoms with Crippen LogP contribution in [0.25, 0.3) is 5.57 Å². The number of anilines is 1. The summed E-state index contributed by atoms with van der Waals surface area (Å²) in [6.45, 7) is 9.12. The van der Waals surface area contributed by atoms with Gasteiger partial charge >= 0.3 is 5.97 Å². The highest BCUT2D eigenvalue weighted by Gasteiger charge is 2.38. The van der Waals surface area contributed by atoms with Crippen LogP contribution in [0.15, 0.2) is 18.2 Å². The molecule has 3 rings (SSSR count). The zero-order valence-electron chi connectivity index (χ0n) is 12.3. The number of esters is 1. The highest BCUT2D eigenvalue weighted by atomic mass is 16.5. The monoisotopic (exact) mass is 273 g/mol. The number of hydrogen-bond donors (Lipinski definition) is 0. The molecule has 0 saturated heterocycles. The number of rotatable bonds is 2. The first kappa shape index (κ1) is 13.0. The molecule has 1 aromatic rings. The lowest BCUT2D eigenvalue weighted by Gasteiger charge is -2.45. The average Bonchev–Trinajstić information content (AvgIpc) is 2.37. The normalized spacial score (nSPS) is 19.1. The van der Waals surface area contributed by atoms with Gasteiger partial charge in [0.2, 0.25) is 0 Å². The van der Waals surface area contributed by atoms with E-state index >= 15 is 0 Å². The molecule has 0 atom stereocenters. The zero-order chi connectivity index (χ0) is 14.5. The second-order valence-corrected chi connectivity index (χ2v) is 5.77. The van der Waals surface area contributed by atoms with E-state index in [4.69, 9.17) is 9.47 Å². The third-order valence-electron chi connectivity index (χ3n) is 3.90. The Kier molecular flexibility index (Phi) is 2.78. The fourth-order valence-corrected chi connectivity index (χ4v) is 3.01. The summed E-state index contributed by atoms with van der Waals surface area (Å²) in [6.07, 6.45) is 2.20. The second-order valence-electron chi connectivity index (χ2n) is 5.77. The Balaban J connectivity index is 2.26. The van der Waals surface area contributed by atoms with Gasteiger partial charge in [-0.1, -0.05) is 6.08 Å². The van der Waals surface area contributed by atoms with Crippen LogP contribution in [-0.2, 0) is 4.74 Å². The van der Waals surface area contributed by atoms with Crippen LogP contribution in [0.1, 0.15) is 43.6 Å². The highest BCUT2D eigenvalue weighted by molar-refractivity contribution is 6.02. The molecule has 0 radical (unpaired) electrons. The van der Waals surface area contributed by atoms with Gasteiger partial charge in [0.15, 0.2) is 6.73 Å². The van der Waals surface area contributed by atoms with Crippen molar-refractivity contribution >= 4 is 17.2 Å². The summed E-state index contributed by atoms with van der Waals surface area (Å²) < 4.78 is 10.9. The molecule has 0 unspecified atom stereocenters. The molecule has 106 valence electrons. The van der Waals surface area contributed by atoms with Crippen molar-refractivity contribution in [2.45, 2.75) is 33.2 Å². The molecule has 20 heavy (non-hydrogen) atoms. The number of cyclic esters (lactones) is 1.